The first-order valence-corrected chi connectivity index (χ1v) is 4.34. The van der Waals surface area contributed by atoms with E-state index in [2.05, 4.69) is 20.0 Å². The van der Waals surface area contributed by atoms with Crippen LogP contribution in [0.3, 0.4) is 0 Å². The largest absolute Gasteiger partial charge is 0.244 e. The smallest absolute Gasteiger partial charge is 0.243 e. The van der Waals surface area contributed by atoms with Crippen LogP contribution in [0.5, 0.6) is 0 Å². The summed E-state index contributed by atoms with van der Waals surface area (Å²) in [6.07, 6.45) is 6.68. The van der Waals surface area contributed by atoms with E-state index in [1.54, 1.807) is 18.0 Å². The van der Waals surface area contributed by atoms with Gasteiger partial charge in [-0.15, -0.1) is 11.8 Å². The molecule has 0 radical (unpaired) electrons. The molecule has 0 aromatic heterocycles. The first kappa shape index (κ1) is 6.72. The van der Waals surface area contributed by atoms with E-state index < -0.39 is 4.99 Å². The van der Waals surface area contributed by atoms with Gasteiger partial charge < -0.3 is 0 Å². The van der Waals surface area contributed by atoms with E-state index in [4.69, 9.17) is 0 Å². The van der Waals surface area contributed by atoms with Gasteiger partial charge in [-0.25, -0.2) is 20.0 Å². The van der Waals surface area contributed by atoms with Gasteiger partial charge in [0, 0.05) is 0 Å². The summed E-state index contributed by atoms with van der Waals surface area (Å²) in [4.78, 5) is 15.7. The number of rotatable bonds is 1. The third kappa shape index (κ3) is 0.841. The van der Waals surface area contributed by atoms with Crippen LogP contribution in [0.25, 0.3) is 0 Å². The van der Waals surface area contributed by atoms with E-state index in [1.165, 1.54) is 12.7 Å². The van der Waals surface area contributed by atoms with E-state index in [9.17, 15) is 0 Å². The van der Waals surface area contributed by atoms with Crippen molar-refractivity contribution in [1.82, 2.24) is 0 Å². The molecule has 0 N–H and O–H groups in total. The van der Waals surface area contributed by atoms with Gasteiger partial charge in [0.2, 0.25) is 4.99 Å². The summed E-state index contributed by atoms with van der Waals surface area (Å²) < 4.78 is 0. The van der Waals surface area contributed by atoms with Crippen molar-refractivity contribution in [2.45, 2.75) is 4.99 Å². The first-order valence-electron chi connectivity index (χ1n) is 3.11. The van der Waals surface area contributed by atoms with Gasteiger partial charge in [0.15, 0.2) is 0 Å². The summed E-state index contributed by atoms with van der Waals surface area (Å²) in [7, 11) is 0. The molecule has 1 atom stereocenters. The van der Waals surface area contributed by atoms with Crippen LogP contribution in [0, 0.1) is 0 Å². The van der Waals surface area contributed by atoms with Crippen molar-refractivity contribution in [2.24, 2.45) is 20.0 Å². The first-order chi connectivity index (χ1) is 5.37. The fourth-order valence-corrected chi connectivity index (χ4v) is 1.58. The zero-order valence-corrected chi connectivity index (χ0v) is 6.75. The SMILES string of the molecule is CSC12N=CN=CC1=NC=N2. The summed E-state index contributed by atoms with van der Waals surface area (Å²) in [5.41, 5.74) is 0.813. The molecule has 2 rings (SSSR count). The molecule has 11 heavy (non-hydrogen) atoms. The van der Waals surface area contributed by atoms with E-state index in [0.717, 1.165) is 5.71 Å². The summed E-state index contributed by atoms with van der Waals surface area (Å²) in [5, 5.41) is 0. The highest BCUT2D eigenvalue weighted by Crippen LogP contribution is 2.30. The highest BCUT2D eigenvalue weighted by atomic mass is 32.2. The highest BCUT2D eigenvalue weighted by molar-refractivity contribution is 8.00. The van der Waals surface area contributed by atoms with Gasteiger partial charge in [-0.2, -0.15) is 0 Å². The molecule has 2 heterocycles. The molecule has 0 aromatic rings. The van der Waals surface area contributed by atoms with Crippen LogP contribution in [0.2, 0.25) is 0 Å². The Morgan fingerprint density at radius 2 is 2.18 bits per heavy atom. The zero-order valence-electron chi connectivity index (χ0n) is 5.93. The van der Waals surface area contributed by atoms with Crippen LogP contribution < -0.4 is 0 Å². The second-order valence-electron chi connectivity index (χ2n) is 2.09. The predicted octanol–water partition coefficient (Wildman–Crippen LogP) is 0.599. The van der Waals surface area contributed by atoms with Gasteiger partial charge in [-0.05, 0) is 6.26 Å². The van der Waals surface area contributed by atoms with Gasteiger partial charge in [0.05, 0.1) is 6.21 Å². The Bertz CT molecular complexity index is 291. The molecule has 0 fully saturated rings. The van der Waals surface area contributed by atoms with Crippen molar-refractivity contribution in [3.63, 3.8) is 0 Å². The van der Waals surface area contributed by atoms with E-state index >= 15 is 0 Å². The van der Waals surface area contributed by atoms with Gasteiger partial charge in [0.1, 0.15) is 18.4 Å². The average molecular weight is 166 g/mol. The molecule has 4 nitrogen and oxygen atoms in total. The van der Waals surface area contributed by atoms with E-state index in [1.807, 2.05) is 6.26 Å². The minimum Gasteiger partial charge on any atom is -0.243 e. The van der Waals surface area contributed by atoms with E-state index in [0.29, 0.717) is 0 Å². The van der Waals surface area contributed by atoms with Crippen LogP contribution in [0.1, 0.15) is 0 Å². The van der Waals surface area contributed by atoms with Crippen LogP contribution in [-0.2, 0) is 0 Å². The van der Waals surface area contributed by atoms with Crippen molar-refractivity contribution < 1.29 is 0 Å². The standard InChI is InChI=1S/C6H6N4S/c1-11-6-5(8-4-10-6)2-7-3-9-6/h2-4H,1H3. The maximum atomic E-state index is 4.15. The number of thioether (sulfide) groups is 1. The fourth-order valence-electron chi connectivity index (χ4n) is 0.962. The minimum atomic E-state index is -0.512. The summed E-state index contributed by atoms with van der Waals surface area (Å²) in [5.74, 6) is 0. The Morgan fingerprint density at radius 1 is 1.36 bits per heavy atom. The lowest BCUT2D eigenvalue weighted by molar-refractivity contribution is 0.882. The predicted molar refractivity (Wildman–Crippen MR) is 49.2 cm³/mol. The van der Waals surface area contributed by atoms with Crippen molar-refractivity contribution >= 4 is 36.4 Å². The molecule has 5 heteroatoms. The molecule has 0 spiro atoms. The topological polar surface area (TPSA) is 49.4 Å². The number of hydrogen-bond acceptors (Lipinski definition) is 5. The maximum absolute atomic E-state index is 4.15. The lowest BCUT2D eigenvalue weighted by atomic mass is 10.3. The Morgan fingerprint density at radius 3 is 2.91 bits per heavy atom. The summed E-state index contributed by atoms with van der Waals surface area (Å²) in [6, 6.07) is 0. The molecule has 0 bridgehead atoms. The maximum Gasteiger partial charge on any atom is 0.244 e. The van der Waals surface area contributed by atoms with Crippen LogP contribution in [-0.4, -0.2) is 35.9 Å². The van der Waals surface area contributed by atoms with Crippen molar-refractivity contribution in [1.29, 1.82) is 0 Å². The quantitative estimate of drug-likeness (QED) is 0.562. The number of hydrogen-bond donors (Lipinski definition) is 0. The Kier molecular flexibility index (Phi) is 1.38. The average Bonchev–Trinajstić information content (AvgIpc) is 2.48. The molecule has 0 saturated carbocycles. The number of nitrogens with zero attached hydrogens (tertiary/aromatic N) is 4. The van der Waals surface area contributed by atoms with Crippen LogP contribution >= 0.6 is 11.8 Å². The van der Waals surface area contributed by atoms with Gasteiger partial charge in [0.25, 0.3) is 0 Å². The second kappa shape index (κ2) is 2.27. The summed E-state index contributed by atoms with van der Waals surface area (Å²) in [6.45, 7) is 0. The van der Waals surface area contributed by atoms with Crippen molar-refractivity contribution in [3.8, 4) is 0 Å². The third-order valence-corrected chi connectivity index (χ3v) is 2.53. The number of aliphatic imine (C=N–C) groups is 4. The van der Waals surface area contributed by atoms with Gasteiger partial charge in [-0.3, -0.25) is 0 Å². The van der Waals surface area contributed by atoms with Crippen molar-refractivity contribution in [2.75, 3.05) is 6.26 Å². The minimum absolute atomic E-state index is 0.512. The lowest BCUT2D eigenvalue weighted by Gasteiger charge is -2.19. The number of fused-ring (bicyclic) bond motifs is 1. The normalized spacial score (nSPS) is 32.3. The molecule has 0 aromatic carbocycles. The molecular weight excluding hydrogens is 160 g/mol. The molecule has 0 saturated heterocycles. The van der Waals surface area contributed by atoms with Gasteiger partial charge in [-0.1, -0.05) is 0 Å². The van der Waals surface area contributed by atoms with Crippen LogP contribution in [0.4, 0.5) is 0 Å². The molecule has 2 aliphatic rings. The molecule has 56 valence electrons. The van der Waals surface area contributed by atoms with Crippen LogP contribution in [0.15, 0.2) is 20.0 Å². The van der Waals surface area contributed by atoms with Crippen molar-refractivity contribution in [3.05, 3.63) is 0 Å². The van der Waals surface area contributed by atoms with E-state index in [-0.39, 0.29) is 0 Å². The molecule has 0 amide bonds. The fraction of sp³-hybridized carbons (Fsp3) is 0.333. The molecule has 2 aliphatic heterocycles. The molecular formula is C6H6N4S. The highest BCUT2D eigenvalue weighted by Gasteiger charge is 2.36. The zero-order chi connectivity index (χ0) is 7.73. The second-order valence-corrected chi connectivity index (χ2v) is 3.07. The third-order valence-electron chi connectivity index (χ3n) is 1.54. The Balaban J connectivity index is 2.46. The Labute approximate surface area is 68.3 Å². The molecule has 0 aliphatic carbocycles. The molecule has 1 unspecified atom stereocenters. The lowest BCUT2D eigenvalue weighted by Crippen LogP contribution is -2.31. The summed E-state index contributed by atoms with van der Waals surface area (Å²) >= 11 is 1.55. The monoisotopic (exact) mass is 166 g/mol. The Hall–Kier alpha value is -0.970. The van der Waals surface area contributed by atoms with Gasteiger partial charge >= 0.3 is 0 Å².